The van der Waals surface area contributed by atoms with E-state index in [1.807, 2.05) is 6.07 Å². The van der Waals surface area contributed by atoms with Gasteiger partial charge in [-0.2, -0.15) is 0 Å². The Balaban J connectivity index is 1.89. The van der Waals surface area contributed by atoms with Crippen LogP contribution >= 0.6 is 0 Å². The molecule has 0 bridgehead atoms. The van der Waals surface area contributed by atoms with Crippen molar-refractivity contribution in [3.8, 4) is 0 Å². The Morgan fingerprint density at radius 2 is 1.80 bits per heavy atom. The summed E-state index contributed by atoms with van der Waals surface area (Å²) in [5.41, 5.74) is 3.17. The van der Waals surface area contributed by atoms with Crippen LogP contribution in [0.4, 0.5) is 5.69 Å². The lowest BCUT2D eigenvalue weighted by molar-refractivity contribution is 0.0886. The fourth-order valence-electron chi connectivity index (χ4n) is 4.87. The standard InChI is InChI=1S/C22H28N2O/c1-4-22(5-2)18-10-11-19(24-13-7-12-23(3)14-15-24)16-8-6-9-17(20(16)18)21(22)25/h6,8-11H,4-5,7,12-15H2,1-3H3. The minimum Gasteiger partial charge on any atom is -0.370 e. The summed E-state index contributed by atoms with van der Waals surface area (Å²) >= 11 is 0. The number of hydrogen-bond acceptors (Lipinski definition) is 3. The van der Waals surface area contributed by atoms with Crippen molar-refractivity contribution in [3.05, 3.63) is 41.5 Å². The van der Waals surface area contributed by atoms with Crippen LogP contribution in [0.2, 0.25) is 0 Å². The average Bonchev–Trinajstić information content (AvgIpc) is 2.76. The Hall–Kier alpha value is -1.87. The third-order valence-corrected chi connectivity index (χ3v) is 6.48. The Kier molecular flexibility index (Phi) is 4.07. The summed E-state index contributed by atoms with van der Waals surface area (Å²) in [6.45, 7) is 8.69. The van der Waals surface area contributed by atoms with E-state index in [0.29, 0.717) is 5.78 Å². The van der Waals surface area contributed by atoms with Crippen LogP contribution in [0, 0.1) is 0 Å². The molecule has 2 aliphatic rings. The number of ketones is 1. The smallest absolute Gasteiger partial charge is 0.174 e. The second-order valence-electron chi connectivity index (χ2n) is 7.62. The summed E-state index contributed by atoms with van der Waals surface area (Å²) in [5, 5.41) is 2.47. The predicted molar refractivity (Wildman–Crippen MR) is 105 cm³/mol. The number of rotatable bonds is 3. The highest BCUT2D eigenvalue weighted by molar-refractivity contribution is 6.22. The lowest BCUT2D eigenvalue weighted by Crippen LogP contribution is -2.30. The molecule has 0 atom stereocenters. The third kappa shape index (κ3) is 2.32. The molecule has 0 N–H and O–H groups in total. The number of Topliss-reactive ketones (excluding diaryl/α,β-unsaturated/α-hetero) is 1. The van der Waals surface area contributed by atoms with Crippen LogP contribution in [0.25, 0.3) is 10.8 Å². The summed E-state index contributed by atoms with van der Waals surface area (Å²) in [5.74, 6) is 0.325. The molecule has 25 heavy (non-hydrogen) atoms. The Bertz CT molecular complexity index is 822. The molecule has 0 aromatic heterocycles. The molecule has 0 unspecified atom stereocenters. The van der Waals surface area contributed by atoms with Crippen molar-refractivity contribution in [2.45, 2.75) is 38.5 Å². The molecule has 132 valence electrons. The number of benzene rings is 2. The normalized spacial score (nSPS) is 20.3. The number of nitrogens with zero attached hydrogens (tertiary/aromatic N) is 2. The first kappa shape index (κ1) is 16.6. The van der Waals surface area contributed by atoms with Gasteiger partial charge in [0, 0.05) is 36.3 Å². The molecule has 0 amide bonds. The Labute approximate surface area is 150 Å². The second kappa shape index (κ2) is 6.14. The van der Waals surface area contributed by atoms with Gasteiger partial charge in [-0.25, -0.2) is 0 Å². The van der Waals surface area contributed by atoms with Crippen molar-refractivity contribution in [2.75, 3.05) is 38.1 Å². The number of anilines is 1. The maximum Gasteiger partial charge on any atom is 0.174 e. The molecule has 0 radical (unpaired) electrons. The summed E-state index contributed by atoms with van der Waals surface area (Å²) in [6, 6.07) is 10.8. The van der Waals surface area contributed by atoms with E-state index in [2.05, 4.69) is 55.0 Å². The van der Waals surface area contributed by atoms with Crippen molar-refractivity contribution in [2.24, 2.45) is 0 Å². The predicted octanol–water partition coefficient (Wildman–Crippen LogP) is 4.24. The first-order valence-electron chi connectivity index (χ1n) is 9.67. The van der Waals surface area contributed by atoms with Crippen LogP contribution in [0.5, 0.6) is 0 Å². The van der Waals surface area contributed by atoms with E-state index in [9.17, 15) is 4.79 Å². The number of hydrogen-bond donors (Lipinski definition) is 0. The van der Waals surface area contributed by atoms with Crippen LogP contribution in [0.1, 0.15) is 49.0 Å². The molecular weight excluding hydrogens is 308 g/mol. The molecule has 1 aliphatic carbocycles. The topological polar surface area (TPSA) is 23.6 Å². The maximum absolute atomic E-state index is 13.2. The summed E-state index contributed by atoms with van der Waals surface area (Å²) in [6.07, 6.45) is 2.94. The van der Waals surface area contributed by atoms with Crippen LogP contribution in [-0.2, 0) is 5.41 Å². The van der Waals surface area contributed by atoms with E-state index in [0.717, 1.165) is 44.6 Å². The number of carbonyl (C=O) groups excluding carboxylic acids is 1. The lowest BCUT2D eigenvalue weighted by atomic mass is 9.75. The summed E-state index contributed by atoms with van der Waals surface area (Å²) in [4.78, 5) is 18.1. The van der Waals surface area contributed by atoms with E-state index >= 15 is 0 Å². The fraction of sp³-hybridized carbons (Fsp3) is 0.500. The molecule has 1 saturated heterocycles. The van der Waals surface area contributed by atoms with Gasteiger partial charge in [-0.1, -0.05) is 38.1 Å². The molecule has 1 fully saturated rings. The van der Waals surface area contributed by atoms with E-state index in [-0.39, 0.29) is 5.41 Å². The quantitative estimate of drug-likeness (QED) is 0.838. The second-order valence-corrected chi connectivity index (χ2v) is 7.62. The monoisotopic (exact) mass is 336 g/mol. The van der Waals surface area contributed by atoms with Gasteiger partial charge in [-0.3, -0.25) is 4.79 Å². The molecule has 0 saturated carbocycles. The Morgan fingerprint density at radius 1 is 1.00 bits per heavy atom. The molecule has 2 aromatic rings. The van der Waals surface area contributed by atoms with Crippen molar-refractivity contribution in [1.29, 1.82) is 0 Å². The lowest BCUT2D eigenvalue weighted by Gasteiger charge is -2.28. The summed E-state index contributed by atoms with van der Waals surface area (Å²) < 4.78 is 0. The van der Waals surface area contributed by atoms with Crippen LogP contribution < -0.4 is 4.90 Å². The van der Waals surface area contributed by atoms with Gasteiger partial charge in [-0.05, 0) is 49.9 Å². The van der Waals surface area contributed by atoms with Crippen molar-refractivity contribution in [3.63, 3.8) is 0 Å². The molecule has 2 aromatic carbocycles. The zero-order valence-corrected chi connectivity index (χ0v) is 15.6. The molecule has 0 spiro atoms. The van der Waals surface area contributed by atoms with E-state index < -0.39 is 0 Å². The first-order valence-corrected chi connectivity index (χ1v) is 9.67. The van der Waals surface area contributed by atoms with Crippen molar-refractivity contribution < 1.29 is 4.79 Å². The average molecular weight is 336 g/mol. The van der Waals surface area contributed by atoms with Crippen LogP contribution in [0.3, 0.4) is 0 Å². The molecule has 1 aliphatic heterocycles. The van der Waals surface area contributed by atoms with Gasteiger partial charge >= 0.3 is 0 Å². The zero-order chi connectivity index (χ0) is 17.6. The summed E-state index contributed by atoms with van der Waals surface area (Å²) in [7, 11) is 2.20. The zero-order valence-electron chi connectivity index (χ0n) is 15.6. The SMILES string of the molecule is CCC1(CC)C(=O)c2cccc3c(N4CCCN(C)CC4)ccc1c23. The molecule has 4 rings (SSSR count). The van der Waals surface area contributed by atoms with Gasteiger partial charge in [0.05, 0.1) is 5.41 Å². The largest absolute Gasteiger partial charge is 0.370 e. The minimum atomic E-state index is -0.320. The fourth-order valence-corrected chi connectivity index (χ4v) is 4.87. The first-order chi connectivity index (χ1) is 12.1. The molecule has 1 heterocycles. The van der Waals surface area contributed by atoms with Crippen LogP contribution in [-0.4, -0.2) is 43.9 Å². The van der Waals surface area contributed by atoms with E-state index in [4.69, 9.17) is 0 Å². The van der Waals surface area contributed by atoms with E-state index in [1.165, 1.54) is 28.4 Å². The van der Waals surface area contributed by atoms with Gasteiger partial charge in [0.15, 0.2) is 5.78 Å². The molecule has 3 nitrogen and oxygen atoms in total. The highest BCUT2D eigenvalue weighted by Crippen LogP contribution is 2.48. The maximum atomic E-state index is 13.2. The highest BCUT2D eigenvalue weighted by Gasteiger charge is 2.44. The van der Waals surface area contributed by atoms with Crippen LogP contribution in [0.15, 0.2) is 30.3 Å². The third-order valence-electron chi connectivity index (χ3n) is 6.48. The molecule has 3 heteroatoms. The number of likely N-dealkylation sites (N-methyl/N-ethyl adjacent to an activating group) is 1. The van der Waals surface area contributed by atoms with Gasteiger partial charge < -0.3 is 9.80 Å². The number of carbonyl (C=O) groups is 1. The highest BCUT2D eigenvalue weighted by atomic mass is 16.1. The van der Waals surface area contributed by atoms with Crippen molar-refractivity contribution in [1.82, 2.24) is 4.90 Å². The van der Waals surface area contributed by atoms with Crippen molar-refractivity contribution >= 4 is 22.2 Å². The van der Waals surface area contributed by atoms with Gasteiger partial charge in [-0.15, -0.1) is 0 Å². The van der Waals surface area contributed by atoms with Gasteiger partial charge in [0.2, 0.25) is 0 Å². The molecular formula is C22H28N2O. The van der Waals surface area contributed by atoms with E-state index in [1.54, 1.807) is 0 Å². The van der Waals surface area contributed by atoms with Gasteiger partial charge in [0.25, 0.3) is 0 Å². The Morgan fingerprint density at radius 3 is 2.56 bits per heavy atom. The minimum absolute atomic E-state index is 0.320. The van der Waals surface area contributed by atoms with Gasteiger partial charge in [0.1, 0.15) is 0 Å².